The fourth-order valence-corrected chi connectivity index (χ4v) is 5.48. The highest BCUT2D eigenvalue weighted by atomic mass is 19.1. The van der Waals surface area contributed by atoms with Crippen LogP contribution in [0.1, 0.15) is 42.0 Å². The number of benzene rings is 3. The molecule has 1 spiro atoms. The van der Waals surface area contributed by atoms with Crippen LogP contribution in [0.5, 0.6) is 11.5 Å². The quantitative estimate of drug-likeness (QED) is 0.528. The summed E-state index contributed by atoms with van der Waals surface area (Å²) in [6, 6.07) is 23.4. The Morgan fingerprint density at radius 2 is 1.76 bits per heavy atom. The number of fused-ring (bicyclic) bond motifs is 4. The zero-order valence-electron chi connectivity index (χ0n) is 19.3. The third-order valence-corrected chi connectivity index (χ3v) is 7.27. The van der Waals surface area contributed by atoms with Gasteiger partial charge in [-0.2, -0.15) is 5.10 Å². The predicted octanol–water partition coefficient (Wildman–Crippen LogP) is 5.37. The van der Waals surface area contributed by atoms with Crippen molar-refractivity contribution < 1.29 is 13.9 Å². The molecule has 3 aliphatic rings. The van der Waals surface area contributed by atoms with Crippen molar-refractivity contribution in [3.63, 3.8) is 0 Å². The van der Waals surface area contributed by atoms with Crippen LogP contribution in [0, 0.1) is 5.82 Å². The lowest BCUT2D eigenvalue weighted by molar-refractivity contribution is -0.151. The fraction of sp³-hybridized carbons (Fsp3) is 0.321. The minimum absolute atomic E-state index is 0.0691. The zero-order valence-corrected chi connectivity index (χ0v) is 19.3. The SMILES string of the molecule is COc1cccc2c1OC1(CCN(Cc3ccccc3)CC1)N1N=C(c3ccc(F)cc3)C[C@H]21. The van der Waals surface area contributed by atoms with E-state index in [4.69, 9.17) is 14.6 Å². The molecule has 1 atom stereocenters. The highest BCUT2D eigenvalue weighted by Crippen LogP contribution is 2.52. The van der Waals surface area contributed by atoms with Crippen molar-refractivity contribution in [3.8, 4) is 11.5 Å². The Labute approximate surface area is 199 Å². The lowest BCUT2D eigenvalue weighted by Gasteiger charge is -2.51. The summed E-state index contributed by atoms with van der Waals surface area (Å²) in [6.45, 7) is 2.78. The average molecular weight is 458 g/mol. The molecule has 3 aromatic carbocycles. The molecule has 5 nitrogen and oxygen atoms in total. The Morgan fingerprint density at radius 1 is 1.00 bits per heavy atom. The number of likely N-dealkylation sites (tertiary alicyclic amines) is 1. The third-order valence-electron chi connectivity index (χ3n) is 7.27. The molecule has 0 bridgehead atoms. The molecule has 6 rings (SSSR count). The van der Waals surface area contributed by atoms with Crippen molar-refractivity contribution in [3.05, 3.63) is 95.3 Å². The van der Waals surface area contributed by atoms with Crippen molar-refractivity contribution >= 4 is 5.71 Å². The first-order valence-electron chi connectivity index (χ1n) is 11.9. The van der Waals surface area contributed by atoms with Gasteiger partial charge in [0.25, 0.3) is 0 Å². The van der Waals surface area contributed by atoms with Crippen LogP contribution in [0.25, 0.3) is 0 Å². The van der Waals surface area contributed by atoms with E-state index in [9.17, 15) is 4.39 Å². The van der Waals surface area contributed by atoms with Crippen molar-refractivity contribution in [1.82, 2.24) is 9.91 Å². The maximum absolute atomic E-state index is 13.5. The Bertz CT molecular complexity index is 1200. The Hall–Kier alpha value is -3.38. The Kier molecular flexibility index (Phi) is 5.26. The highest BCUT2D eigenvalue weighted by Gasteiger charge is 2.52. The van der Waals surface area contributed by atoms with Crippen LogP contribution in [-0.4, -0.2) is 41.5 Å². The zero-order chi connectivity index (χ0) is 23.1. The number of rotatable bonds is 4. The maximum atomic E-state index is 13.5. The van der Waals surface area contributed by atoms with Gasteiger partial charge in [0.05, 0.1) is 18.9 Å². The summed E-state index contributed by atoms with van der Waals surface area (Å²) in [6.07, 6.45) is 2.44. The second-order valence-electron chi connectivity index (χ2n) is 9.31. The van der Waals surface area contributed by atoms with E-state index in [2.05, 4.69) is 46.3 Å². The monoisotopic (exact) mass is 457 g/mol. The molecule has 0 aromatic heterocycles. The number of ether oxygens (including phenoxy) is 2. The van der Waals surface area contributed by atoms with E-state index in [1.807, 2.05) is 24.3 Å². The van der Waals surface area contributed by atoms with Crippen LogP contribution < -0.4 is 9.47 Å². The summed E-state index contributed by atoms with van der Waals surface area (Å²) >= 11 is 0. The molecule has 174 valence electrons. The summed E-state index contributed by atoms with van der Waals surface area (Å²) in [7, 11) is 1.69. The third kappa shape index (κ3) is 3.62. The maximum Gasteiger partial charge on any atom is 0.200 e. The van der Waals surface area contributed by atoms with E-state index in [0.29, 0.717) is 0 Å². The van der Waals surface area contributed by atoms with Crippen molar-refractivity contribution in [2.75, 3.05) is 20.2 Å². The van der Waals surface area contributed by atoms with E-state index in [0.717, 1.165) is 67.2 Å². The number of methoxy groups -OCH3 is 1. The second-order valence-corrected chi connectivity index (χ2v) is 9.31. The summed E-state index contributed by atoms with van der Waals surface area (Å²) in [5.74, 6) is 1.36. The lowest BCUT2D eigenvalue weighted by atomic mass is 9.90. The molecule has 1 fully saturated rings. The van der Waals surface area contributed by atoms with Crippen LogP contribution in [0.3, 0.4) is 0 Å². The van der Waals surface area contributed by atoms with Crippen LogP contribution in [-0.2, 0) is 6.54 Å². The van der Waals surface area contributed by atoms with Gasteiger partial charge >= 0.3 is 0 Å². The molecular weight excluding hydrogens is 429 g/mol. The van der Waals surface area contributed by atoms with Gasteiger partial charge in [-0.25, -0.2) is 9.40 Å². The van der Waals surface area contributed by atoms with Gasteiger partial charge in [0.2, 0.25) is 5.72 Å². The van der Waals surface area contributed by atoms with Crippen LogP contribution in [0.4, 0.5) is 4.39 Å². The number of hydrazone groups is 1. The average Bonchev–Trinajstić information content (AvgIpc) is 3.33. The van der Waals surface area contributed by atoms with E-state index in [1.54, 1.807) is 7.11 Å². The normalized spacial score (nSPS) is 20.9. The molecular formula is C28H28FN3O2. The first kappa shape index (κ1) is 21.2. The highest BCUT2D eigenvalue weighted by molar-refractivity contribution is 6.02. The smallest absolute Gasteiger partial charge is 0.200 e. The lowest BCUT2D eigenvalue weighted by Crippen LogP contribution is -2.59. The van der Waals surface area contributed by atoms with E-state index in [1.165, 1.54) is 17.7 Å². The number of piperidine rings is 1. The first-order chi connectivity index (χ1) is 16.6. The summed E-state index contributed by atoms with van der Waals surface area (Å²) in [5.41, 5.74) is 3.82. The molecule has 0 amide bonds. The summed E-state index contributed by atoms with van der Waals surface area (Å²) < 4.78 is 26.0. The largest absolute Gasteiger partial charge is 0.493 e. The standard InChI is InChI=1S/C28H28FN3O2/c1-33-26-9-5-8-23-25-18-24(21-10-12-22(29)13-11-21)30-32(25)28(34-27(23)26)14-16-31(17-15-28)19-20-6-3-2-4-7-20/h2-13,25H,14-19H2,1H3/t25-/m1/s1. The van der Waals surface area contributed by atoms with Crippen molar-refractivity contribution in [2.24, 2.45) is 5.10 Å². The van der Waals surface area contributed by atoms with Crippen LogP contribution >= 0.6 is 0 Å². The Balaban J connectivity index is 1.33. The number of para-hydroxylation sites is 1. The molecule has 0 radical (unpaired) electrons. The van der Waals surface area contributed by atoms with Crippen molar-refractivity contribution in [2.45, 2.75) is 37.6 Å². The molecule has 3 aromatic rings. The first-order valence-corrected chi connectivity index (χ1v) is 11.9. The minimum Gasteiger partial charge on any atom is -0.493 e. The second kappa shape index (κ2) is 8.44. The predicted molar refractivity (Wildman–Crippen MR) is 129 cm³/mol. The molecule has 3 aliphatic heterocycles. The van der Waals surface area contributed by atoms with Gasteiger partial charge < -0.3 is 9.47 Å². The van der Waals surface area contributed by atoms with E-state index >= 15 is 0 Å². The van der Waals surface area contributed by atoms with E-state index < -0.39 is 5.72 Å². The molecule has 3 heterocycles. The Morgan fingerprint density at radius 3 is 2.50 bits per heavy atom. The number of hydrogen-bond acceptors (Lipinski definition) is 5. The van der Waals surface area contributed by atoms with Gasteiger partial charge in [-0.1, -0.05) is 54.6 Å². The van der Waals surface area contributed by atoms with Crippen LogP contribution in [0.15, 0.2) is 77.9 Å². The fourth-order valence-electron chi connectivity index (χ4n) is 5.48. The van der Waals surface area contributed by atoms with Crippen LogP contribution in [0.2, 0.25) is 0 Å². The molecule has 0 unspecified atom stereocenters. The van der Waals surface area contributed by atoms with Gasteiger partial charge in [0.15, 0.2) is 11.5 Å². The summed E-state index contributed by atoms with van der Waals surface area (Å²) in [5, 5.41) is 7.28. The van der Waals surface area contributed by atoms with E-state index in [-0.39, 0.29) is 11.9 Å². The van der Waals surface area contributed by atoms with Gasteiger partial charge in [0, 0.05) is 44.5 Å². The number of halogens is 1. The van der Waals surface area contributed by atoms with Gasteiger partial charge in [-0.3, -0.25) is 4.90 Å². The summed E-state index contributed by atoms with van der Waals surface area (Å²) in [4.78, 5) is 2.48. The number of nitrogens with zero attached hydrogens (tertiary/aromatic N) is 3. The topological polar surface area (TPSA) is 37.3 Å². The molecule has 1 saturated heterocycles. The van der Waals surface area contributed by atoms with Gasteiger partial charge in [-0.05, 0) is 29.3 Å². The molecule has 0 N–H and O–H groups in total. The molecule has 34 heavy (non-hydrogen) atoms. The van der Waals surface area contributed by atoms with Crippen molar-refractivity contribution in [1.29, 1.82) is 0 Å². The molecule has 0 aliphatic carbocycles. The molecule has 0 saturated carbocycles. The van der Waals surface area contributed by atoms with Gasteiger partial charge in [0.1, 0.15) is 5.82 Å². The van der Waals surface area contributed by atoms with Gasteiger partial charge in [-0.15, -0.1) is 0 Å². The molecule has 6 heteroatoms. The number of hydrogen-bond donors (Lipinski definition) is 0. The minimum atomic E-state index is -0.527.